The van der Waals surface area contributed by atoms with E-state index in [4.69, 9.17) is 0 Å². The Bertz CT molecular complexity index is 494. The summed E-state index contributed by atoms with van der Waals surface area (Å²) < 4.78 is 0. The zero-order valence-electron chi connectivity index (χ0n) is 13.8. The third-order valence-electron chi connectivity index (χ3n) is 3.48. The van der Waals surface area contributed by atoms with Crippen molar-refractivity contribution in [2.45, 2.75) is 47.0 Å². The molecule has 116 valence electrons. The maximum Gasteiger partial charge on any atom is 0.322 e. The summed E-state index contributed by atoms with van der Waals surface area (Å²) in [7, 11) is 0. The molecule has 0 aliphatic heterocycles. The lowest BCUT2D eigenvalue weighted by Gasteiger charge is -2.22. The van der Waals surface area contributed by atoms with Gasteiger partial charge in [0.2, 0.25) is 0 Å². The highest BCUT2D eigenvalue weighted by molar-refractivity contribution is 5.90. The van der Waals surface area contributed by atoms with Crippen molar-refractivity contribution >= 4 is 11.7 Å². The number of nitrogens with one attached hydrogen (secondary N) is 1. The molecule has 0 saturated carbocycles. The predicted octanol–water partition coefficient (Wildman–Crippen LogP) is 4.77. The Hall–Kier alpha value is -1.77. The highest BCUT2D eigenvalue weighted by atomic mass is 16.2. The number of rotatable bonds is 7. The minimum Gasteiger partial charge on any atom is -0.321 e. The van der Waals surface area contributed by atoms with Crippen LogP contribution in [-0.4, -0.2) is 24.0 Å². The van der Waals surface area contributed by atoms with Crippen molar-refractivity contribution in [3.8, 4) is 0 Å². The highest BCUT2D eigenvalue weighted by Gasteiger charge is 2.12. The Morgan fingerprint density at radius 2 is 2.05 bits per heavy atom. The van der Waals surface area contributed by atoms with Crippen molar-refractivity contribution in [2.24, 2.45) is 0 Å². The van der Waals surface area contributed by atoms with Crippen molar-refractivity contribution in [1.82, 2.24) is 4.90 Å². The summed E-state index contributed by atoms with van der Waals surface area (Å²) in [6.45, 7) is 13.3. The predicted molar refractivity (Wildman–Crippen MR) is 90.9 cm³/mol. The number of anilines is 1. The van der Waals surface area contributed by atoms with Crippen LogP contribution in [0.25, 0.3) is 0 Å². The van der Waals surface area contributed by atoms with E-state index in [0.29, 0.717) is 13.1 Å². The molecule has 2 amide bonds. The molecule has 1 N–H and O–H groups in total. The Labute approximate surface area is 129 Å². The number of carbonyl (C=O) groups excluding carboxylic acids is 1. The molecule has 1 rings (SSSR count). The van der Waals surface area contributed by atoms with Crippen LogP contribution in [0.15, 0.2) is 30.4 Å². The van der Waals surface area contributed by atoms with Crippen LogP contribution in [-0.2, 0) is 6.42 Å². The summed E-state index contributed by atoms with van der Waals surface area (Å²) in [4.78, 5) is 14.0. The quantitative estimate of drug-likeness (QED) is 0.720. The van der Waals surface area contributed by atoms with Crippen LogP contribution in [0, 0.1) is 6.92 Å². The molecule has 0 heterocycles. The number of hydrogen-bond donors (Lipinski definition) is 1. The molecule has 3 nitrogen and oxygen atoms in total. The fourth-order valence-corrected chi connectivity index (χ4v) is 2.25. The fourth-order valence-electron chi connectivity index (χ4n) is 2.25. The number of amides is 2. The summed E-state index contributed by atoms with van der Waals surface area (Å²) in [5.41, 5.74) is 4.32. The molecule has 0 saturated heterocycles. The summed E-state index contributed by atoms with van der Waals surface area (Å²) in [6, 6.07) is 6.21. The largest absolute Gasteiger partial charge is 0.322 e. The van der Waals surface area contributed by atoms with Gasteiger partial charge >= 0.3 is 6.03 Å². The van der Waals surface area contributed by atoms with Gasteiger partial charge in [0.05, 0.1) is 0 Å². The SMILES string of the molecule is C=C(C)CN(CC)C(=O)Nc1ccc(CCCC)cc1C. The van der Waals surface area contributed by atoms with Gasteiger partial charge in [-0.25, -0.2) is 4.79 Å². The molecule has 1 aromatic carbocycles. The third kappa shape index (κ3) is 5.62. The van der Waals surface area contributed by atoms with Gasteiger partial charge in [-0.05, 0) is 50.8 Å². The van der Waals surface area contributed by atoms with Gasteiger partial charge in [0.15, 0.2) is 0 Å². The molecule has 0 fully saturated rings. The molecule has 0 radical (unpaired) electrons. The second-order valence-corrected chi connectivity index (χ2v) is 5.65. The minimum absolute atomic E-state index is 0.0649. The number of unbranched alkanes of at least 4 members (excludes halogenated alkanes) is 1. The Balaban J connectivity index is 2.73. The monoisotopic (exact) mass is 288 g/mol. The first kappa shape index (κ1) is 17.3. The molecule has 0 aromatic heterocycles. The molecule has 3 heteroatoms. The van der Waals surface area contributed by atoms with Crippen molar-refractivity contribution in [3.63, 3.8) is 0 Å². The fraction of sp³-hybridized carbons (Fsp3) is 0.500. The van der Waals surface area contributed by atoms with Gasteiger partial charge in [-0.1, -0.05) is 37.6 Å². The smallest absolute Gasteiger partial charge is 0.321 e. The topological polar surface area (TPSA) is 32.3 Å². The van der Waals surface area contributed by atoms with Gasteiger partial charge < -0.3 is 10.2 Å². The Morgan fingerprint density at radius 1 is 1.33 bits per heavy atom. The average Bonchev–Trinajstić information content (AvgIpc) is 2.44. The van der Waals surface area contributed by atoms with E-state index >= 15 is 0 Å². The molecule has 21 heavy (non-hydrogen) atoms. The second-order valence-electron chi connectivity index (χ2n) is 5.65. The zero-order chi connectivity index (χ0) is 15.8. The van der Waals surface area contributed by atoms with Crippen LogP contribution < -0.4 is 5.32 Å². The van der Waals surface area contributed by atoms with Crippen molar-refractivity contribution < 1.29 is 4.79 Å². The molecule has 0 bridgehead atoms. The maximum absolute atomic E-state index is 12.3. The summed E-state index contributed by atoms with van der Waals surface area (Å²) in [5.74, 6) is 0. The number of nitrogens with zero attached hydrogens (tertiary/aromatic N) is 1. The van der Waals surface area contributed by atoms with E-state index in [9.17, 15) is 4.79 Å². The number of aryl methyl sites for hydroxylation is 2. The molecular weight excluding hydrogens is 260 g/mol. The van der Waals surface area contributed by atoms with Crippen LogP contribution in [0.5, 0.6) is 0 Å². The van der Waals surface area contributed by atoms with Gasteiger partial charge in [-0.3, -0.25) is 0 Å². The molecule has 0 spiro atoms. The second kappa shape index (κ2) is 8.50. The highest BCUT2D eigenvalue weighted by Crippen LogP contribution is 2.18. The number of urea groups is 1. The molecule has 0 aliphatic rings. The van der Waals surface area contributed by atoms with Crippen molar-refractivity contribution in [2.75, 3.05) is 18.4 Å². The molecule has 0 aliphatic carbocycles. The van der Waals surface area contributed by atoms with Crippen LogP contribution >= 0.6 is 0 Å². The van der Waals surface area contributed by atoms with Crippen molar-refractivity contribution in [1.29, 1.82) is 0 Å². The minimum atomic E-state index is -0.0649. The van der Waals surface area contributed by atoms with Crippen molar-refractivity contribution in [3.05, 3.63) is 41.5 Å². The zero-order valence-corrected chi connectivity index (χ0v) is 13.8. The van der Waals surface area contributed by atoms with Gasteiger partial charge in [-0.15, -0.1) is 0 Å². The lowest BCUT2D eigenvalue weighted by molar-refractivity contribution is 0.218. The number of likely N-dealkylation sites (N-methyl/N-ethyl adjacent to an activating group) is 1. The van der Waals surface area contributed by atoms with Crippen LogP contribution in [0.4, 0.5) is 10.5 Å². The van der Waals surface area contributed by atoms with Gasteiger partial charge in [0.25, 0.3) is 0 Å². The summed E-state index contributed by atoms with van der Waals surface area (Å²) >= 11 is 0. The standard InChI is InChI=1S/C18H28N2O/c1-6-8-9-16-10-11-17(15(5)12-16)19-18(21)20(7-2)13-14(3)4/h10-12H,3,6-9,13H2,1-2,4-5H3,(H,19,21). The third-order valence-corrected chi connectivity index (χ3v) is 3.48. The molecule has 1 aromatic rings. The molecule has 0 unspecified atom stereocenters. The summed E-state index contributed by atoms with van der Waals surface area (Å²) in [6.07, 6.45) is 3.50. The van der Waals surface area contributed by atoms with E-state index in [1.54, 1.807) is 4.90 Å². The first-order valence-corrected chi connectivity index (χ1v) is 7.77. The van der Waals surface area contributed by atoms with E-state index in [2.05, 4.69) is 31.0 Å². The average molecular weight is 288 g/mol. The van der Waals surface area contributed by atoms with Gasteiger partial charge in [0, 0.05) is 18.8 Å². The van der Waals surface area contributed by atoms with Crippen LogP contribution in [0.1, 0.15) is 44.7 Å². The van der Waals surface area contributed by atoms with E-state index in [1.165, 1.54) is 18.4 Å². The maximum atomic E-state index is 12.3. The lowest BCUT2D eigenvalue weighted by atomic mass is 10.0. The van der Waals surface area contributed by atoms with E-state index in [-0.39, 0.29) is 6.03 Å². The number of hydrogen-bond acceptors (Lipinski definition) is 1. The first-order chi connectivity index (χ1) is 9.97. The van der Waals surface area contributed by atoms with Gasteiger partial charge in [-0.2, -0.15) is 0 Å². The first-order valence-electron chi connectivity index (χ1n) is 7.77. The molecule has 0 atom stereocenters. The van der Waals surface area contributed by atoms with Gasteiger partial charge in [0.1, 0.15) is 0 Å². The normalized spacial score (nSPS) is 10.3. The molecular formula is C18H28N2O. The number of benzene rings is 1. The van der Waals surface area contributed by atoms with E-state index < -0.39 is 0 Å². The van der Waals surface area contributed by atoms with E-state index in [0.717, 1.165) is 23.2 Å². The number of carbonyl (C=O) groups is 1. The lowest BCUT2D eigenvalue weighted by Crippen LogP contribution is -2.36. The Kier molecular flexibility index (Phi) is 7.00. The van der Waals surface area contributed by atoms with Crippen LogP contribution in [0.2, 0.25) is 0 Å². The summed E-state index contributed by atoms with van der Waals surface area (Å²) in [5, 5.41) is 3.00. The van der Waals surface area contributed by atoms with E-state index in [1.807, 2.05) is 26.8 Å². The van der Waals surface area contributed by atoms with Crippen LogP contribution in [0.3, 0.4) is 0 Å². The Morgan fingerprint density at radius 3 is 2.57 bits per heavy atom.